The lowest BCUT2D eigenvalue weighted by Gasteiger charge is -2.37. The summed E-state index contributed by atoms with van der Waals surface area (Å²) in [6.07, 6.45) is 3.21. The quantitative estimate of drug-likeness (QED) is 0.883. The molecular weight excluding hydrogens is 324 g/mol. The summed E-state index contributed by atoms with van der Waals surface area (Å²) in [4.78, 5) is 15.1. The topological polar surface area (TPSA) is 52.6 Å². The fourth-order valence-electron chi connectivity index (χ4n) is 4.30. The molecule has 1 unspecified atom stereocenters. The Kier molecular flexibility index (Phi) is 4.68. The van der Waals surface area contributed by atoms with Gasteiger partial charge >= 0.3 is 0 Å². The standard InChI is InChI=1S/C22H26N2O2/c1-15-5-7-16(8-6-15)14-23-18-4-2-3-17(11-18)22(26)24-19-9-10-20(24)13-21(25)12-19/h2-8,11,19-21,23,25H,9-10,12-14H2,1H3/t19-,20+,21?. The zero-order valence-corrected chi connectivity index (χ0v) is 15.2. The molecule has 2 aromatic rings. The SMILES string of the molecule is Cc1ccc(CNc2cccc(C(=O)N3[C@@H]4CC[C@H]3CC(O)C4)c2)cc1. The van der Waals surface area contributed by atoms with Crippen LogP contribution in [0.3, 0.4) is 0 Å². The minimum atomic E-state index is -0.251. The molecule has 0 radical (unpaired) electrons. The van der Waals surface area contributed by atoms with Crippen molar-refractivity contribution in [2.75, 3.05) is 5.32 Å². The summed E-state index contributed by atoms with van der Waals surface area (Å²) in [5.74, 6) is 0.100. The molecule has 0 aliphatic carbocycles. The van der Waals surface area contributed by atoms with Gasteiger partial charge < -0.3 is 15.3 Å². The molecule has 2 bridgehead atoms. The minimum absolute atomic E-state index is 0.100. The monoisotopic (exact) mass is 350 g/mol. The molecule has 2 aliphatic heterocycles. The number of carbonyl (C=O) groups excluding carboxylic acids is 1. The lowest BCUT2D eigenvalue weighted by atomic mass is 9.98. The molecular formula is C22H26N2O2. The Morgan fingerprint density at radius 1 is 1.12 bits per heavy atom. The molecule has 4 rings (SSSR count). The van der Waals surface area contributed by atoms with Crippen LogP contribution in [0.15, 0.2) is 48.5 Å². The summed E-state index contributed by atoms with van der Waals surface area (Å²) in [6, 6.07) is 16.6. The Hall–Kier alpha value is -2.33. The fourth-order valence-corrected chi connectivity index (χ4v) is 4.30. The van der Waals surface area contributed by atoms with E-state index in [2.05, 4.69) is 36.5 Å². The molecule has 1 amide bonds. The largest absolute Gasteiger partial charge is 0.393 e. The Labute approximate surface area is 154 Å². The van der Waals surface area contributed by atoms with Crippen LogP contribution in [0.25, 0.3) is 0 Å². The number of anilines is 1. The first kappa shape index (κ1) is 17.1. The van der Waals surface area contributed by atoms with Crippen molar-refractivity contribution in [1.82, 2.24) is 4.90 Å². The molecule has 4 nitrogen and oxygen atoms in total. The van der Waals surface area contributed by atoms with Crippen LogP contribution in [0.5, 0.6) is 0 Å². The number of fused-ring (bicyclic) bond motifs is 2. The predicted octanol–water partition coefficient (Wildman–Crippen LogP) is 3.74. The Morgan fingerprint density at radius 3 is 2.50 bits per heavy atom. The van der Waals surface area contributed by atoms with Gasteiger partial charge in [0.25, 0.3) is 5.91 Å². The number of piperidine rings is 1. The van der Waals surface area contributed by atoms with Crippen molar-refractivity contribution in [3.05, 3.63) is 65.2 Å². The van der Waals surface area contributed by atoms with E-state index in [0.29, 0.717) is 12.8 Å². The summed E-state index contributed by atoms with van der Waals surface area (Å²) in [7, 11) is 0. The van der Waals surface area contributed by atoms with Crippen molar-refractivity contribution in [2.45, 2.75) is 57.3 Å². The normalized spacial score (nSPS) is 24.5. The lowest BCUT2D eigenvalue weighted by Crippen LogP contribution is -2.48. The van der Waals surface area contributed by atoms with Crippen LogP contribution in [0.2, 0.25) is 0 Å². The van der Waals surface area contributed by atoms with Gasteiger partial charge in [0.15, 0.2) is 0 Å². The highest BCUT2D eigenvalue weighted by molar-refractivity contribution is 5.95. The van der Waals surface area contributed by atoms with E-state index < -0.39 is 0 Å². The van der Waals surface area contributed by atoms with Gasteiger partial charge in [0.2, 0.25) is 0 Å². The van der Waals surface area contributed by atoms with Gasteiger partial charge in [0.05, 0.1) is 6.10 Å². The second kappa shape index (κ2) is 7.12. The Balaban J connectivity index is 1.45. The molecule has 2 fully saturated rings. The third-order valence-corrected chi connectivity index (χ3v) is 5.67. The first-order valence-corrected chi connectivity index (χ1v) is 9.50. The number of benzene rings is 2. The second-order valence-electron chi connectivity index (χ2n) is 7.64. The molecule has 2 aromatic carbocycles. The highest BCUT2D eigenvalue weighted by Gasteiger charge is 2.42. The van der Waals surface area contributed by atoms with Gasteiger partial charge in [-0.3, -0.25) is 4.79 Å². The van der Waals surface area contributed by atoms with Crippen LogP contribution in [0.1, 0.15) is 47.2 Å². The number of aryl methyl sites for hydroxylation is 1. The summed E-state index contributed by atoms with van der Waals surface area (Å²) in [6.45, 7) is 2.82. The first-order valence-electron chi connectivity index (χ1n) is 9.50. The van der Waals surface area contributed by atoms with Crippen molar-refractivity contribution < 1.29 is 9.90 Å². The molecule has 2 aliphatic rings. The average molecular weight is 350 g/mol. The van der Waals surface area contributed by atoms with Crippen molar-refractivity contribution in [3.8, 4) is 0 Å². The number of nitrogens with zero attached hydrogens (tertiary/aromatic N) is 1. The number of nitrogens with one attached hydrogen (secondary N) is 1. The third-order valence-electron chi connectivity index (χ3n) is 5.67. The van der Waals surface area contributed by atoms with Crippen LogP contribution in [-0.2, 0) is 6.54 Å². The molecule has 2 saturated heterocycles. The van der Waals surface area contributed by atoms with Gasteiger partial charge in [-0.15, -0.1) is 0 Å². The number of hydrogen-bond acceptors (Lipinski definition) is 3. The average Bonchev–Trinajstić information content (AvgIpc) is 2.92. The molecule has 0 aromatic heterocycles. The summed E-state index contributed by atoms with van der Waals surface area (Å²) in [5.41, 5.74) is 4.16. The molecule has 136 valence electrons. The van der Waals surface area contributed by atoms with E-state index in [1.165, 1.54) is 11.1 Å². The molecule has 0 spiro atoms. The van der Waals surface area contributed by atoms with E-state index in [9.17, 15) is 9.90 Å². The molecule has 26 heavy (non-hydrogen) atoms. The maximum Gasteiger partial charge on any atom is 0.254 e. The number of aliphatic hydroxyl groups excluding tert-OH is 1. The molecule has 2 N–H and O–H groups in total. The van der Waals surface area contributed by atoms with Crippen LogP contribution in [0, 0.1) is 6.92 Å². The van der Waals surface area contributed by atoms with Gasteiger partial charge in [-0.1, -0.05) is 35.9 Å². The predicted molar refractivity (Wildman–Crippen MR) is 103 cm³/mol. The lowest BCUT2D eigenvalue weighted by molar-refractivity contribution is 0.0287. The van der Waals surface area contributed by atoms with Gasteiger partial charge in [0.1, 0.15) is 0 Å². The number of aliphatic hydroxyl groups is 1. The maximum atomic E-state index is 13.0. The second-order valence-corrected chi connectivity index (χ2v) is 7.64. The van der Waals surface area contributed by atoms with Crippen LogP contribution >= 0.6 is 0 Å². The highest BCUT2D eigenvalue weighted by atomic mass is 16.3. The van der Waals surface area contributed by atoms with E-state index in [-0.39, 0.29) is 24.1 Å². The highest BCUT2D eigenvalue weighted by Crippen LogP contribution is 2.36. The van der Waals surface area contributed by atoms with Crippen molar-refractivity contribution in [3.63, 3.8) is 0 Å². The van der Waals surface area contributed by atoms with Gasteiger partial charge in [-0.2, -0.15) is 0 Å². The molecule has 4 heteroatoms. The van der Waals surface area contributed by atoms with Crippen LogP contribution in [0.4, 0.5) is 5.69 Å². The molecule has 0 saturated carbocycles. The smallest absolute Gasteiger partial charge is 0.254 e. The molecule has 3 atom stereocenters. The van der Waals surface area contributed by atoms with Crippen LogP contribution < -0.4 is 5.32 Å². The number of hydrogen-bond donors (Lipinski definition) is 2. The Morgan fingerprint density at radius 2 is 1.81 bits per heavy atom. The minimum Gasteiger partial charge on any atom is -0.393 e. The first-order chi connectivity index (χ1) is 12.6. The summed E-state index contributed by atoms with van der Waals surface area (Å²) >= 11 is 0. The van der Waals surface area contributed by atoms with Gasteiger partial charge in [-0.05, 0) is 56.4 Å². The van der Waals surface area contributed by atoms with E-state index in [4.69, 9.17) is 0 Å². The summed E-state index contributed by atoms with van der Waals surface area (Å²) in [5, 5.41) is 13.4. The van der Waals surface area contributed by atoms with Crippen molar-refractivity contribution in [1.29, 1.82) is 0 Å². The van der Waals surface area contributed by atoms with Crippen molar-refractivity contribution in [2.24, 2.45) is 0 Å². The molecule has 2 heterocycles. The maximum absolute atomic E-state index is 13.0. The number of amides is 1. The van der Waals surface area contributed by atoms with Crippen molar-refractivity contribution >= 4 is 11.6 Å². The van der Waals surface area contributed by atoms with E-state index in [0.717, 1.165) is 30.6 Å². The van der Waals surface area contributed by atoms with Gasteiger partial charge in [0, 0.05) is 29.9 Å². The summed E-state index contributed by atoms with van der Waals surface area (Å²) < 4.78 is 0. The zero-order valence-electron chi connectivity index (χ0n) is 15.2. The number of carbonyl (C=O) groups is 1. The number of rotatable bonds is 4. The van der Waals surface area contributed by atoms with E-state index >= 15 is 0 Å². The zero-order chi connectivity index (χ0) is 18.1. The third kappa shape index (κ3) is 3.47. The van der Waals surface area contributed by atoms with E-state index in [1.54, 1.807) is 0 Å². The van der Waals surface area contributed by atoms with Crippen LogP contribution in [-0.4, -0.2) is 34.1 Å². The fraction of sp³-hybridized carbons (Fsp3) is 0.409. The van der Waals surface area contributed by atoms with E-state index in [1.807, 2.05) is 29.2 Å². The van der Waals surface area contributed by atoms with Gasteiger partial charge in [-0.25, -0.2) is 0 Å². The Bertz CT molecular complexity index is 773.